The Morgan fingerprint density at radius 3 is 1.55 bits per heavy atom. The predicted octanol–water partition coefficient (Wildman–Crippen LogP) is 0.808. The Labute approximate surface area is 125 Å². The van der Waals surface area contributed by atoms with Crippen LogP contribution >= 0.6 is 23.2 Å². The van der Waals surface area contributed by atoms with E-state index in [0.29, 0.717) is 11.1 Å². The number of nitrogens with one attached hydrogen (secondary N) is 2. The molecule has 0 bridgehead atoms. The zero-order valence-electron chi connectivity index (χ0n) is 10.4. The molecule has 0 atom stereocenters. The van der Waals surface area contributed by atoms with Crippen molar-refractivity contribution in [3.05, 3.63) is 23.3 Å². The first-order chi connectivity index (χ1) is 9.47. The number of alkyl halides is 2. The average Bonchev–Trinajstić information content (AvgIpc) is 2.45. The number of aromatic hydroxyl groups is 2. The second kappa shape index (κ2) is 7.81. The third-order valence-corrected chi connectivity index (χ3v) is 2.98. The van der Waals surface area contributed by atoms with Gasteiger partial charge in [-0.05, 0) is 23.3 Å². The van der Waals surface area contributed by atoms with E-state index in [-0.39, 0.29) is 48.2 Å². The lowest BCUT2D eigenvalue weighted by molar-refractivity contribution is -0.119. The fourth-order valence-corrected chi connectivity index (χ4v) is 1.66. The van der Waals surface area contributed by atoms with E-state index >= 15 is 0 Å². The first kappa shape index (κ1) is 16.4. The number of benzene rings is 1. The minimum Gasteiger partial charge on any atom is -0.504 e. The Bertz CT molecular complexity index is 463. The van der Waals surface area contributed by atoms with Gasteiger partial charge in [-0.2, -0.15) is 0 Å². The van der Waals surface area contributed by atoms with Crippen molar-refractivity contribution in [3.63, 3.8) is 0 Å². The van der Waals surface area contributed by atoms with Crippen molar-refractivity contribution in [2.24, 2.45) is 0 Å². The number of hydrogen-bond donors (Lipinski definition) is 4. The van der Waals surface area contributed by atoms with Gasteiger partial charge in [0.05, 0.1) is 0 Å². The summed E-state index contributed by atoms with van der Waals surface area (Å²) in [6.07, 6.45) is 0. The van der Waals surface area contributed by atoms with Crippen LogP contribution in [0.5, 0.6) is 11.5 Å². The summed E-state index contributed by atoms with van der Waals surface area (Å²) in [7, 11) is 0. The summed E-state index contributed by atoms with van der Waals surface area (Å²) in [6, 6.07) is 2.62. The molecule has 0 aliphatic rings. The van der Waals surface area contributed by atoms with E-state index in [2.05, 4.69) is 10.6 Å². The molecule has 4 N–H and O–H groups in total. The second-order valence-electron chi connectivity index (χ2n) is 3.93. The average molecular weight is 321 g/mol. The summed E-state index contributed by atoms with van der Waals surface area (Å²) in [5, 5.41) is 24.0. The van der Waals surface area contributed by atoms with Gasteiger partial charge in [-0.1, -0.05) is 0 Å². The molecule has 0 aliphatic carbocycles. The van der Waals surface area contributed by atoms with Crippen LogP contribution in [0.4, 0.5) is 0 Å². The van der Waals surface area contributed by atoms with E-state index < -0.39 is 0 Å². The van der Waals surface area contributed by atoms with Gasteiger partial charge in [0.2, 0.25) is 11.8 Å². The Morgan fingerprint density at radius 1 is 0.900 bits per heavy atom. The lowest BCUT2D eigenvalue weighted by atomic mass is 10.1. The van der Waals surface area contributed by atoms with Crippen LogP contribution in [0.3, 0.4) is 0 Å². The highest BCUT2D eigenvalue weighted by molar-refractivity contribution is 6.27. The van der Waals surface area contributed by atoms with E-state index in [0.717, 1.165) is 0 Å². The largest absolute Gasteiger partial charge is 0.504 e. The van der Waals surface area contributed by atoms with Gasteiger partial charge in [-0.25, -0.2) is 0 Å². The van der Waals surface area contributed by atoms with Crippen LogP contribution in [0.25, 0.3) is 0 Å². The van der Waals surface area contributed by atoms with Crippen molar-refractivity contribution in [1.82, 2.24) is 10.6 Å². The summed E-state index contributed by atoms with van der Waals surface area (Å²) in [5.74, 6) is -1.71. The summed E-state index contributed by atoms with van der Waals surface area (Å²) >= 11 is 10.7. The summed E-state index contributed by atoms with van der Waals surface area (Å²) < 4.78 is 0. The molecule has 20 heavy (non-hydrogen) atoms. The number of phenols is 2. The van der Waals surface area contributed by atoms with Crippen LogP contribution in [0.1, 0.15) is 11.1 Å². The molecule has 1 aromatic carbocycles. The molecule has 8 heteroatoms. The van der Waals surface area contributed by atoms with Crippen molar-refractivity contribution < 1.29 is 19.8 Å². The normalized spacial score (nSPS) is 10.1. The fraction of sp³-hybridized carbons (Fsp3) is 0.333. The lowest BCUT2D eigenvalue weighted by Crippen LogP contribution is -2.27. The molecular formula is C12H14Cl2N2O4. The van der Waals surface area contributed by atoms with E-state index in [1.54, 1.807) is 0 Å². The van der Waals surface area contributed by atoms with Crippen LogP contribution < -0.4 is 10.6 Å². The quantitative estimate of drug-likeness (QED) is 0.460. The molecule has 1 aromatic rings. The number of carbonyl (C=O) groups excluding carboxylic acids is 2. The molecule has 6 nitrogen and oxygen atoms in total. The first-order valence-electron chi connectivity index (χ1n) is 5.67. The maximum atomic E-state index is 11.1. The van der Waals surface area contributed by atoms with Crippen molar-refractivity contribution in [3.8, 4) is 11.5 Å². The summed E-state index contributed by atoms with van der Waals surface area (Å²) in [5.41, 5.74) is 1.10. The van der Waals surface area contributed by atoms with Gasteiger partial charge in [0.25, 0.3) is 0 Å². The van der Waals surface area contributed by atoms with E-state index in [9.17, 15) is 19.8 Å². The molecule has 0 saturated heterocycles. The van der Waals surface area contributed by atoms with Crippen LogP contribution in [0.15, 0.2) is 12.1 Å². The molecule has 110 valence electrons. The van der Waals surface area contributed by atoms with E-state index in [1.807, 2.05) is 0 Å². The Morgan fingerprint density at radius 2 is 1.25 bits per heavy atom. The monoisotopic (exact) mass is 320 g/mol. The Kier molecular flexibility index (Phi) is 6.41. The number of amides is 2. The van der Waals surface area contributed by atoms with Crippen LogP contribution in [0.2, 0.25) is 0 Å². The van der Waals surface area contributed by atoms with E-state index in [1.165, 1.54) is 12.1 Å². The SMILES string of the molecule is O=C(CCl)NCc1cc(O)c(O)cc1CNC(=O)CCl. The third-order valence-electron chi connectivity index (χ3n) is 2.49. The number of carbonyl (C=O) groups is 2. The number of halogens is 2. The minimum atomic E-state index is -0.366. The van der Waals surface area contributed by atoms with Crippen molar-refractivity contribution in [2.45, 2.75) is 13.1 Å². The summed E-state index contributed by atoms with van der Waals surface area (Å²) in [4.78, 5) is 22.2. The van der Waals surface area contributed by atoms with Gasteiger partial charge in [0, 0.05) is 13.1 Å². The Balaban J connectivity index is 2.86. The van der Waals surface area contributed by atoms with Gasteiger partial charge in [-0.3, -0.25) is 9.59 Å². The number of rotatable bonds is 6. The van der Waals surface area contributed by atoms with Gasteiger partial charge in [-0.15, -0.1) is 23.2 Å². The van der Waals surface area contributed by atoms with Crippen LogP contribution in [-0.4, -0.2) is 33.8 Å². The molecule has 0 unspecified atom stereocenters. The zero-order valence-corrected chi connectivity index (χ0v) is 12.0. The molecule has 0 heterocycles. The van der Waals surface area contributed by atoms with Crippen molar-refractivity contribution in [2.75, 3.05) is 11.8 Å². The molecule has 1 rings (SSSR count). The van der Waals surface area contributed by atoms with Gasteiger partial charge < -0.3 is 20.8 Å². The predicted molar refractivity (Wildman–Crippen MR) is 74.9 cm³/mol. The fourth-order valence-electron chi connectivity index (χ4n) is 1.47. The van der Waals surface area contributed by atoms with Gasteiger partial charge in [0.1, 0.15) is 11.8 Å². The number of hydrogen-bond acceptors (Lipinski definition) is 4. The molecule has 0 aliphatic heterocycles. The van der Waals surface area contributed by atoms with Gasteiger partial charge in [0.15, 0.2) is 11.5 Å². The molecule has 0 spiro atoms. The van der Waals surface area contributed by atoms with Gasteiger partial charge >= 0.3 is 0 Å². The Hall–Kier alpha value is -1.66. The topological polar surface area (TPSA) is 98.7 Å². The molecule has 0 fully saturated rings. The summed E-state index contributed by atoms with van der Waals surface area (Å²) in [6.45, 7) is 0.233. The lowest BCUT2D eigenvalue weighted by Gasteiger charge is -2.12. The van der Waals surface area contributed by atoms with E-state index in [4.69, 9.17) is 23.2 Å². The molecule has 0 saturated carbocycles. The zero-order chi connectivity index (χ0) is 15.1. The molecule has 2 amide bonds. The smallest absolute Gasteiger partial charge is 0.235 e. The molecule has 0 radical (unpaired) electrons. The highest BCUT2D eigenvalue weighted by Crippen LogP contribution is 2.28. The highest BCUT2D eigenvalue weighted by atomic mass is 35.5. The van der Waals surface area contributed by atoms with Crippen molar-refractivity contribution >= 4 is 35.0 Å². The first-order valence-corrected chi connectivity index (χ1v) is 6.74. The van der Waals surface area contributed by atoms with Crippen molar-refractivity contribution in [1.29, 1.82) is 0 Å². The third kappa shape index (κ3) is 4.79. The molecule has 0 aromatic heterocycles. The maximum absolute atomic E-state index is 11.1. The van der Waals surface area contributed by atoms with Crippen LogP contribution in [0, 0.1) is 0 Å². The van der Waals surface area contributed by atoms with Crippen LogP contribution in [-0.2, 0) is 22.7 Å². The molecular weight excluding hydrogens is 307 g/mol. The second-order valence-corrected chi connectivity index (χ2v) is 4.46. The highest BCUT2D eigenvalue weighted by Gasteiger charge is 2.11. The number of phenolic OH excluding ortho intramolecular Hbond substituents is 2. The minimum absolute atomic E-state index is 0.117. The standard InChI is InChI=1S/C12H14Cl2N2O4/c13-3-11(19)15-5-7-1-9(17)10(18)2-8(7)6-16-12(20)4-14/h1-2,17-18H,3-6H2,(H,15,19)(H,16,20). The maximum Gasteiger partial charge on any atom is 0.235 e.